The lowest BCUT2D eigenvalue weighted by Crippen LogP contribution is -2.49. The highest BCUT2D eigenvalue weighted by Gasteiger charge is 2.30. The third-order valence-electron chi connectivity index (χ3n) is 11.4. The molecule has 1 saturated carbocycles. The van der Waals surface area contributed by atoms with Gasteiger partial charge in [0.25, 0.3) is 5.91 Å². The van der Waals surface area contributed by atoms with E-state index < -0.39 is 6.03 Å². The number of hydrogen-bond acceptors (Lipinski definition) is 10. The van der Waals surface area contributed by atoms with Crippen LogP contribution in [0.1, 0.15) is 66.9 Å². The van der Waals surface area contributed by atoms with E-state index in [1.807, 2.05) is 29.2 Å². The molecule has 0 radical (unpaired) electrons. The molecule has 294 valence electrons. The number of amides is 5. The average molecular weight is 772 g/mol. The summed E-state index contributed by atoms with van der Waals surface area (Å²) in [7, 11) is 0. The van der Waals surface area contributed by atoms with Crippen molar-refractivity contribution in [3.63, 3.8) is 0 Å². The molecule has 1 aliphatic carbocycles. The Hall–Kier alpha value is -6.29. The fraction of sp³-hybridized carbons (Fsp3) is 0.390. The molecular formula is C41H45N11O5. The molecule has 9 rings (SSSR count). The largest absolute Gasteiger partial charge is 0.490 e. The summed E-state index contributed by atoms with van der Waals surface area (Å²) >= 11 is 0. The van der Waals surface area contributed by atoms with Gasteiger partial charge in [-0.2, -0.15) is 9.61 Å². The first kappa shape index (κ1) is 36.4. The Morgan fingerprint density at radius 3 is 2.60 bits per heavy atom. The zero-order chi connectivity index (χ0) is 39.0. The second-order valence-electron chi connectivity index (χ2n) is 15.3. The lowest BCUT2D eigenvalue weighted by Gasteiger charge is -2.36. The second kappa shape index (κ2) is 15.3. The van der Waals surface area contributed by atoms with Crippen molar-refractivity contribution < 1.29 is 23.9 Å². The molecule has 5 amide bonds. The van der Waals surface area contributed by atoms with Crippen molar-refractivity contribution in [2.24, 2.45) is 4.99 Å². The van der Waals surface area contributed by atoms with Crippen LogP contribution in [0.5, 0.6) is 5.75 Å². The minimum atomic E-state index is -0.391. The molecule has 57 heavy (non-hydrogen) atoms. The number of aliphatic imine (C=N–C) groups is 1. The summed E-state index contributed by atoms with van der Waals surface area (Å²) in [6.45, 7) is 3.62. The number of nitrogens with two attached hydrogens (primary N) is 1. The van der Waals surface area contributed by atoms with Crippen LogP contribution in [0.15, 0.2) is 72.1 Å². The van der Waals surface area contributed by atoms with Crippen molar-refractivity contribution in [2.45, 2.75) is 63.1 Å². The molecule has 16 heteroatoms. The molecule has 4 aliphatic rings. The molecule has 0 bridgehead atoms. The van der Waals surface area contributed by atoms with Crippen LogP contribution in [0.2, 0.25) is 0 Å². The fourth-order valence-electron chi connectivity index (χ4n) is 8.08. The van der Waals surface area contributed by atoms with Crippen LogP contribution >= 0.6 is 0 Å². The zero-order valence-corrected chi connectivity index (χ0v) is 31.5. The molecule has 0 atom stereocenters. The lowest BCUT2D eigenvalue weighted by atomic mass is 10.0. The highest BCUT2D eigenvalue weighted by Crippen LogP contribution is 2.35. The van der Waals surface area contributed by atoms with Gasteiger partial charge in [-0.05, 0) is 74.9 Å². The molecule has 4 N–H and O–H groups in total. The number of ether oxygens (including phenoxy) is 1. The van der Waals surface area contributed by atoms with Gasteiger partial charge in [-0.25, -0.2) is 9.78 Å². The second-order valence-corrected chi connectivity index (χ2v) is 15.3. The summed E-state index contributed by atoms with van der Waals surface area (Å²) in [5.74, 6) is 0.423. The number of anilines is 3. The molecule has 0 spiro atoms. The van der Waals surface area contributed by atoms with Gasteiger partial charge in [0.15, 0.2) is 11.5 Å². The number of aromatic nitrogens is 4. The first-order valence-electron chi connectivity index (χ1n) is 19.7. The number of rotatable bonds is 10. The van der Waals surface area contributed by atoms with Crippen molar-refractivity contribution in [3.05, 3.63) is 78.2 Å². The summed E-state index contributed by atoms with van der Waals surface area (Å²) in [6, 6.07) is 14.9. The number of nitrogen functional groups attached to an aromatic ring is 1. The van der Waals surface area contributed by atoms with Crippen molar-refractivity contribution in [1.82, 2.24) is 34.3 Å². The number of nitrogens with zero attached hydrogens (tertiary/aromatic N) is 8. The topological polar surface area (TPSA) is 185 Å². The summed E-state index contributed by atoms with van der Waals surface area (Å²) in [6.07, 6.45) is 12.5. The number of imidazole rings is 1. The average Bonchev–Trinajstić information content (AvgIpc) is 3.78. The van der Waals surface area contributed by atoms with Gasteiger partial charge in [0.2, 0.25) is 11.8 Å². The van der Waals surface area contributed by atoms with Crippen molar-refractivity contribution in [2.75, 3.05) is 55.2 Å². The van der Waals surface area contributed by atoms with Gasteiger partial charge < -0.3 is 25.3 Å². The van der Waals surface area contributed by atoms with Crippen LogP contribution in [0, 0.1) is 0 Å². The van der Waals surface area contributed by atoms with E-state index in [9.17, 15) is 19.2 Å². The highest BCUT2D eigenvalue weighted by atomic mass is 16.5. The van der Waals surface area contributed by atoms with E-state index in [4.69, 9.17) is 15.5 Å². The molecule has 3 aliphatic heterocycles. The number of urea groups is 1. The number of hydrogen-bond donors (Lipinski definition) is 3. The van der Waals surface area contributed by atoms with E-state index in [0.717, 1.165) is 68.2 Å². The van der Waals surface area contributed by atoms with Gasteiger partial charge in [-0.15, -0.1) is 0 Å². The van der Waals surface area contributed by atoms with Crippen LogP contribution in [-0.4, -0.2) is 110 Å². The monoisotopic (exact) mass is 771 g/mol. The number of carbonyl (C=O) groups excluding carboxylic acids is 4. The third kappa shape index (κ3) is 7.64. The van der Waals surface area contributed by atoms with Crippen molar-refractivity contribution >= 4 is 63.7 Å². The maximum absolute atomic E-state index is 13.6. The molecule has 3 saturated heterocycles. The Morgan fingerprint density at radius 1 is 0.982 bits per heavy atom. The Kier molecular flexibility index (Phi) is 9.78. The molecule has 16 nitrogen and oxygen atoms in total. The van der Waals surface area contributed by atoms with Gasteiger partial charge in [0.05, 0.1) is 41.7 Å². The van der Waals surface area contributed by atoms with Crippen LogP contribution in [0.25, 0.3) is 16.6 Å². The third-order valence-corrected chi connectivity index (χ3v) is 11.4. The zero-order valence-electron chi connectivity index (χ0n) is 31.5. The van der Waals surface area contributed by atoms with Gasteiger partial charge in [0.1, 0.15) is 5.75 Å². The van der Waals surface area contributed by atoms with Gasteiger partial charge in [-0.1, -0.05) is 6.07 Å². The number of carbonyl (C=O) groups is 4. The van der Waals surface area contributed by atoms with Gasteiger partial charge >= 0.3 is 6.03 Å². The number of likely N-dealkylation sites (tertiary alicyclic amines) is 2. The first-order valence-corrected chi connectivity index (χ1v) is 19.7. The molecular weight excluding hydrogens is 727 g/mol. The summed E-state index contributed by atoms with van der Waals surface area (Å²) in [5, 5.41) is 10.6. The fourth-order valence-corrected chi connectivity index (χ4v) is 8.08. The Bertz CT molecular complexity index is 2380. The number of imide groups is 1. The molecule has 5 aromatic rings. The predicted molar refractivity (Wildman–Crippen MR) is 215 cm³/mol. The van der Waals surface area contributed by atoms with Crippen LogP contribution in [0.3, 0.4) is 0 Å². The van der Waals surface area contributed by atoms with Crippen molar-refractivity contribution in [1.29, 1.82) is 0 Å². The van der Waals surface area contributed by atoms with Gasteiger partial charge in [-0.3, -0.25) is 34.5 Å². The van der Waals surface area contributed by atoms with Gasteiger partial charge in [0, 0.05) is 86.5 Å². The Morgan fingerprint density at radius 2 is 1.81 bits per heavy atom. The van der Waals surface area contributed by atoms with Crippen molar-refractivity contribution in [3.8, 4) is 5.75 Å². The maximum atomic E-state index is 13.6. The SMILES string of the molecule is Nc1cc(OC2CC2)c(C(=O)Nc2cnc3cccnn23)cc1C=NC1CCN(CC(=O)N2CCC(n3ccc4c(N5CCC(=O)NC5=O)cccc43)CC2)CC1. The van der Waals surface area contributed by atoms with E-state index in [0.29, 0.717) is 60.2 Å². The molecule has 4 fully saturated rings. The molecule has 2 aromatic carbocycles. The quantitative estimate of drug-likeness (QED) is 0.138. The van der Waals surface area contributed by atoms with E-state index in [-0.39, 0.29) is 42.3 Å². The van der Waals surface area contributed by atoms with E-state index in [1.165, 1.54) is 0 Å². The molecule has 0 unspecified atom stereocenters. The minimum Gasteiger partial charge on any atom is -0.490 e. The number of piperidine rings is 2. The number of nitrogens with one attached hydrogen (secondary N) is 2. The normalized spacial score (nSPS) is 18.8. The van der Waals surface area contributed by atoms with Crippen LogP contribution < -0.4 is 26.0 Å². The van der Waals surface area contributed by atoms with E-state index in [1.54, 1.807) is 46.2 Å². The summed E-state index contributed by atoms with van der Waals surface area (Å²) in [5.41, 5.74) is 10.4. The highest BCUT2D eigenvalue weighted by molar-refractivity contribution is 6.10. The first-order chi connectivity index (χ1) is 27.8. The Labute approximate surface area is 328 Å². The summed E-state index contributed by atoms with van der Waals surface area (Å²) in [4.78, 5) is 66.3. The maximum Gasteiger partial charge on any atom is 0.328 e. The molecule has 6 heterocycles. The number of benzene rings is 2. The van der Waals surface area contributed by atoms with Crippen LogP contribution in [-0.2, 0) is 9.59 Å². The van der Waals surface area contributed by atoms with E-state index >= 15 is 0 Å². The lowest BCUT2D eigenvalue weighted by molar-refractivity contribution is -0.134. The molecule has 3 aromatic heterocycles. The van der Waals surface area contributed by atoms with Crippen LogP contribution in [0.4, 0.5) is 22.0 Å². The minimum absolute atomic E-state index is 0.0686. The Balaban J connectivity index is 0.782. The van der Waals surface area contributed by atoms with E-state index in [2.05, 4.69) is 42.4 Å². The standard InChI is InChI=1S/C41H45N11O5/c42-32-22-35(57-29-6-7-29)31(40(55)46-37-24-44-36-5-2-14-45-52(36)37)21-26(32)23-43-27-8-15-48(16-9-27)25-39(54)49-17-10-28(11-18-49)50-19-12-30-33(50)3-1-4-34(30)51-20-13-38(53)47-41(51)56/h1-5,12,14,19,21-24,27-29H,6-11,13,15-18,20,25,42H2,(H,46,55)(H,47,53,56). The number of fused-ring (bicyclic) bond motifs is 2. The smallest absolute Gasteiger partial charge is 0.328 e. The summed E-state index contributed by atoms with van der Waals surface area (Å²) < 4.78 is 9.91. The predicted octanol–water partition coefficient (Wildman–Crippen LogP) is 4.25.